The van der Waals surface area contributed by atoms with E-state index in [2.05, 4.69) is 6.92 Å². The van der Waals surface area contributed by atoms with E-state index in [0.717, 1.165) is 19.3 Å². The Morgan fingerprint density at radius 2 is 1.09 bits per heavy atom. The topological polar surface area (TPSA) is 76.0 Å². The molecule has 1 unspecified atom stereocenters. The minimum Gasteiger partial charge on any atom is -0.396 e. The average molecular weight is 352 g/mol. The first kappa shape index (κ1) is 23.1. The van der Waals surface area contributed by atoms with Gasteiger partial charge in [0, 0.05) is 6.61 Å². The molecule has 0 rings (SSSR count). The molecule has 1 atom stereocenters. The quantitative estimate of drug-likeness (QED) is 0.262. The third kappa shape index (κ3) is 18.3. The van der Waals surface area contributed by atoms with Gasteiger partial charge in [0.1, 0.15) is 0 Å². The average Bonchev–Trinajstić information content (AvgIpc) is 2.52. The maximum atomic E-state index is 11.4. The van der Waals surface area contributed by atoms with Crippen molar-refractivity contribution >= 4 is 7.82 Å². The Labute approximate surface area is 142 Å². The summed E-state index contributed by atoms with van der Waals surface area (Å²) in [5.74, 6) is 0. The number of aliphatic hydroxyl groups excluding tert-OH is 1. The lowest BCUT2D eigenvalue weighted by molar-refractivity contribution is 0.137. The molecule has 0 saturated carbocycles. The first-order chi connectivity index (χ1) is 11.1. The Hall–Kier alpha value is 0.0700. The number of aliphatic hydroxyl groups is 1. The lowest BCUT2D eigenvalue weighted by Crippen LogP contribution is -2.00. The van der Waals surface area contributed by atoms with Crippen LogP contribution in [0.3, 0.4) is 0 Å². The maximum Gasteiger partial charge on any atom is 0.472 e. The van der Waals surface area contributed by atoms with Crippen molar-refractivity contribution in [1.29, 1.82) is 0 Å². The molecule has 0 amide bonds. The van der Waals surface area contributed by atoms with Crippen LogP contribution in [-0.2, 0) is 13.6 Å². The van der Waals surface area contributed by atoms with Gasteiger partial charge in [-0.1, -0.05) is 77.6 Å². The Balaban J connectivity index is 3.22. The maximum absolute atomic E-state index is 11.4. The second kappa shape index (κ2) is 16.9. The highest BCUT2D eigenvalue weighted by atomic mass is 31.2. The van der Waals surface area contributed by atoms with E-state index in [1.807, 2.05) is 0 Å². The molecule has 0 aromatic carbocycles. The summed E-state index contributed by atoms with van der Waals surface area (Å²) < 4.78 is 21.0. The SMILES string of the molecule is CCCCCCCCCCCCCCOP(=O)(O)OCCCO. The highest BCUT2D eigenvalue weighted by molar-refractivity contribution is 7.47. The van der Waals surface area contributed by atoms with Gasteiger partial charge in [-0.15, -0.1) is 0 Å². The molecule has 0 aromatic rings. The van der Waals surface area contributed by atoms with Crippen molar-refractivity contribution in [3.05, 3.63) is 0 Å². The minimum atomic E-state index is -3.92. The fourth-order valence-electron chi connectivity index (χ4n) is 2.40. The Kier molecular flexibility index (Phi) is 17.0. The van der Waals surface area contributed by atoms with Gasteiger partial charge in [0.05, 0.1) is 13.2 Å². The molecule has 0 bridgehead atoms. The molecule has 0 spiro atoms. The van der Waals surface area contributed by atoms with Gasteiger partial charge >= 0.3 is 7.82 Å². The van der Waals surface area contributed by atoms with E-state index in [4.69, 9.17) is 14.2 Å². The van der Waals surface area contributed by atoms with Crippen molar-refractivity contribution in [3.63, 3.8) is 0 Å². The molecule has 0 heterocycles. The lowest BCUT2D eigenvalue weighted by Gasteiger charge is -2.11. The molecule has 0 saturated heterocycles. The van der Waals surface area contributed by atoms with Gasteiger partial charge in [-0.05, 0) is 12.8 Å². The summed E-state index contributed by atoms with van der Waals surface area (Å²) in [4.78, 5) is 9.35. The van der Waals surface area contributed by atoms with Gasteiger partial charge in [-0.25, -0.2) is 4.57 Å². The molecule has 0 radical (unpaired) electrons. The Morgan fingerprint density at radius 1 is 0.696 bits per heavy atom. The Bertz CT molecular complexity index is 286. The molecule has 0 aliphatic heterocycles. The van der Waals surface area contributed by atoms with Crippen LogP contribution in [-0.4, -0.2) is 29.8 Å². The Morgan fingerprint density at radius 3 is 1.52 bits per heavy atom. The van der Waals surface area contributed by atoms with E-state index in [9.17, 15) is 9.46 Å². The van der Waals surface area contributed by atoms with Crippen molar-refractivity contribution < 1.29 is 23.6 Å². The van der Waals surface area contributed by atoms with E-state index in [1.165, 1.54) is 57.8 Å². The number of phosphoric ester groups is 1. The summed E-state index contributed by atoms with van der Waals surface area (Å²) >= 11 is 0. The molecule has 6 heteroatoms. The zero-order valence-electron chi connectivity index (χ0n) is 14.9. The van der Waals surface area contributed by atoms with E-state index in [0.29, 0.717) is 6.42 Å². The van der Waals surface area contributed by atoms with Crippen LogP contribution < -0.4 is 0 Å². The predicted molar refractivity (Wildman–Crippen MR) is 94.5 cm³/mol. The molecule has 23 heavy (non-hydrogen) atoms. The molecule has 0 aromatic heterocycles. The molecule has 0 fully saturated rings. The fourth-order valence-corrected chi connectivity index (χ4v) is 3.20. The van der Waals surface area contributed by atoms with Gasteiger partial charge in [0.25, 0.3) is 0 Å². The van der Waals surface area contributed by atoms with E-state index in [1.54, 1.807) is 0 Å². The molecule has 140 valence electrons. The first-order valence-corrected chi connectivity index (χ1v) is 10.8. The van der Waals surface area contributed by atoms with Crippen LogP contribution >= 0.6 is 7.82 Å². The van der Waals surface area contributed by atoms with Gasteiger partial charge in [0.2, 0.25) is 0 Å². The van der Waals surface area contributed by atoms with Crippen molar-refractivity contribution in [3.8, 4) is 0 Å². The smallest absolute Gasteiger partial charge is 0.396 e. The summed E-state index contributed by atoms with van der Waals surface area (Å²) in [7, 11) is -3.92. The lowest BCUT2D eigenvalue weighted by atomic mass is 10.1. The van der Waals surface area contributed by atoms with Crippen LogP contribution in [0.2, 0.25) is 0 Å². The number of unbranched alkanes of at least 4 members (excludes halogenated alkanes) is 11. The molecule has 5 nitrogen and oxygen atoms in total. The number of hydrogen-bond acceptors (Lipinski definition) is 4. The summed E-state index contributed by atoms with van der Waals surface area (Å²) in [5, 5.41) is 8.57. The molecular formula is C17H37O5P. The van der Waals surface area contributed by atoms with Gasteiger partial charge in [0.15, 0.2) is 0 Å². The second-order valence-corrected chi connectivity index (χ2v) is 7.55. The highest BCUT2D eigenvalue weighted by Gasteiger charge is 2.19. The predicted octanol–water partition coefficient (Wildman–Crippen LogP) is 5.20. The van der Waals surface area contributed by atoms with Crippen LogP contribution in [0.15, 0.2) is 0 Å². The van der Waals surface area contributed by atoms with Gasteiger partial charge in [-0.2, -0.15) is 0 Å². The van der Waals surface area contributed by atoms with Crippen LogP contribution in [0.4, 0.5) is 0 Å². The van der Waals surface area contributed by atoms with E-state index < -0.39 is 7.82 Å². The first-order valence-electron chi connectivity index (χ1n) is 9.35. The second-order valence-electron chi connectivity index (χ2n) is 6.10. The summed E-state index contributed by atoms with van der Waals surface area (Å²) in [6.45, 7) is 2.49. The van der Waals surface area contributed by atoms with Crippen molar-refractivity contribution in [2.45, 2.75) is 90.4 Å². The third-order valence-electron chi connectivity index (χ3n) is 3.81. The summed E-state index contributed by atoms with van der Waals surface area (Å²) in [6.07, 6.45) is 15.3. The zero-order valence-corrected chi connectivity index (χ0v) is 15.8. The largest absolute Gasteiger partial charge is 0.472 e. The molecule has 0 aliphatic rings. The number of phosphoric acid groups is 1. The number of hydrogen-bond donors (Lipinski definition) is 2. The number of rotatable bonds is 18. The normalized spacial score (nSPS) is 14.0. The van der Waals surface area contributed by atoms with Crippen molar-refractivity contribution in [1.82, 2.24) is 0 Å². The summed E-state index contributed by atoms with van der Waals surface area (Å²) in [5.41, 5.74) is 0. The fraction of sp³-hybridized carbons (Fsp3) is 1.00. The third-order valence-corrected chi connectivity index (χ3v) is 4.83. The summed E-state index contributed by atoms with van der Waals surface area (Å²) in [6, 6.07) is 0. The van der Waals surface area contributed by atoms with Crippen molar-refractivity contribution in [2.24, 2.45) is 0 Å². The zero-order chi connectivity index (χ0) is 17.2. The van der Waals surface area contributed by atoms with Crippen molar-refractivity contribution in [2.75, 3.05) is 19.8 Å². The standard InChI is InChI=1S/C17H37O5P/c1-2-3-4-5-6-7-8-9-10-11-12-13-16-21-23(19,20)22-17-14-15-18/h18H,2-17H2,1H3,(H,19,20). The monoisotopic (exact) mass is 352 g/mol. The van der Waals surface area contributed by atoms with Gasteiger partial charge < -0.3 is 10.00 Å². The minimum absolute atomic E-state index is 0.0444. The van der Waals surface area contributed by atoms with Crippen LogP contribution in [0.1, 0.15) is 90.4 Å². The molecular weight excluding hydrogens is 315 g/mol. The molecule has 2 N–H and O–H groups in total. The van der Waals surface area contributed by atoms with E-state index >= 15 is 0 Å². The highest BCUT2D eigenvalue weighted by Crippen LogP contribution is 2.43. The van der Waals surface area contributed by atoms with Gasteiger partial charge in [-0.3, -0.25) is 9.05 Å². The van der Waals surface area contributed by atoms with Crippen LogP contribution in [0, 0.1) is 0 Å². The van der Waals surface area contributed by atoms with Crippen LogP contribution in [0.5, 0.6) is 0 Å². The van der Waals surface area contributed by atoms with E-state index in [-0.39, 0.29) is 19.8 Å². The molecule has 0 aliphatic carbocycles. The van der Waals surface area contributed by atoms with Crippen LogP contribution in [0.25, 0.3) is 0 Å².